The lowest BCUT2D eigenvalue weighted by Gasteiger charge is -2.39. The Labute approximate surface area is 205 Å². The molecule has 2 aliphatic heterocycles. The second-order valence-electron chi connectivity index (χ2n) is 7.82. The van der Waals surface area contributed by atoms with Crippen LogP contribution in [-0.4, -0.2) is 145 Å². The third-order valence-corrected chi connectivity index (χ3v) is 5.38. The van der Waals surface area contributed by atoms with Crippen LogP contribution in [0.25, 0.3) is 20.9 Å². The molecule has 0 bridgehead atoms. The molecule has 10 atom stereocenters. The van der Waals surface area contributed by atoms with Crippen LogP contribution in [0.15, 0.2) is 10.2 Å². The summed E-state index contributed by atoms with van der Waals surface area (Å²) in [6.07, 6.45) is -13.5. The van der Waals surface area contributed by atoms with E-state index >= 15 is 0 Å². The fourth-order valence-electron chi connectivity index (χ4n) is 3.41. The Morgan fingerprint density at radius 3 is 1.28 bits per heavy atom. The average Bonchev–Trinajstić information content (AvgIpc) is 2.88. The van der Waals surface area contributed by atoms with Gasteiger partial charge in [-0.05, 0) is 11.1 Å². The van der Waals surface area contributed by atoms with Crippen molar-refractivity contribution in [3.63, 3.8) is 0 Å². The third-order valence-electron chi connectivity index (χ3n) is 5.38. The van der Waals surface area contributed by atoms with Crippen LogP contribution in [0.5, 0.6) is 0 Å². The van der Waals surface area contributed by atoms with Crippen LogP contribution < -0.4 is 0 Å². The highest BCUT2D eigenvalue weighted by molar-refractivity contribution is 4.91. The minimum Gasteiger partial charge on any atom is -0.388 e. The Hall–Kier alpha value is -1.86. The second-order valence-corrected chi connectivity index (χ2v) is 7.82. The Kier molecular flexibility index (Phi) is 13.6. The molecule has 0 radical (unpaired) electrons. The number of azide groups is 2. The van der Waals surface area contributed by atoms with Crippen LogP contribution in [0.4, 0.5) is 0 Å². The smallest absolute Gasteiger partial charge is 0.186 e. The van der Waals surface area contributed by atoms with Crippen molar-refractivity contribution in [2.75, 3.05) is 52.7 Å². The molecule has 4 unspecified atom stereocenters. The van der Waals surface area contributed by atoms with Gasteiger partial charge in [-0.2, -0.15) is 0 Å². The number of aliphatic hydroxyl groups excluding tert-OH is 6. The standard InChI is InChI=1S/C18H32N6O12/c19-23-21-7-9-11(25)13(27)15(29)17(35-9)33-5-3-31-1-2-32-4-6-34-18-16(30)14(28)12(26)10(36-18)8-22-24-20/h9-18,25-30H,1-8H2/t9?,10?,11-,12-,13+,14?,15?,16-,17+,18+/m1/s1. The molecule has 0 spiro atoms. The largest absolute Gasteiger partial charge is 0.388 e. The second kappa shape index (κ2) is 16.1. The highest BCUT2D eigenvalue weighted by atomic mass is 16.7. The van der Waals surface area contributed by atoms with Crippen LogP contribution >= 0.6 is 0 Å². The predicted molar refractivity (Wildman–Crippen MR) is 115 cm³/mol. The number of aliphatic hydroxyl groups is 6. The van der Waals surface area contributed by atoms with Crippen molar-refractivity contribution in [3.8, 4) is 0 Å². The SMILES string of the molecule is [N-]=[N+]=NCC1O[C@H](OCCOCCOCCO[C@H]2OC(CN=[N+]=[N-])[C@@H](O)[C@H](O)C2O)[C@H](O)C(O)[C@@H]1O. The first kappa shape index (κ1) is 30.4. The van der Waals surface area contributed by atoms with Gasteiger partial charge in [0, 0.05) is 9.82 Å². The van der Waals surface area contributed by atoms with Crippen molar-refractivity contribution in [3.05, 3.63) is 20.9 Å². The summed E-state index contributed by atoms with van der Waals surface area (Å²) < 4.78 is 32.0. The maximum absolute atomic E-state index is 9.96. The summed E-state index contributed by atoms with van der Waals surface area (Å²) in [6, 6.07) is 0. The summed E-state index contributed by atoms with van der Waals surface area (Å²) in [5, 5.41) is 66.0. The lowest BCUT2D eigenvalue weighted by molar-refractivity contribution is -0.296. The van der Waals surface area contributed by atoms with Crippen molar-refractivity contribution < 1.29 is 59.1 Å². The number of hydrogen-bond acceptors (Lipinski definition) is 14. The first-order chi connectivity index (χ1) is 17.3. The lowest BCUT2D eigenvalue weighted by atomic mass is 9.99. The van der Waals surface area contributed by atoms with E-state index in [4.69, 9.17) is 39.5 Å². The van der Waals surface area contributed by atoms with Gasteiger partial charge in [-0.1, -0.05) is 10.2 Å². The minimum atomic E-state index is -1.54. The van der Waals surface area contributed by atoms with E-state index in [9.17, 15) is 30.6 Å². The van der Waals surface area contributed by atoms with Gasteiger partial charge in [0.1, 0.15) is 36.6 Å². The summed E-state index contributed by atoms with van der Waals surface area (Å²) in [5.74, 6) is 0. The average molecular weight is 524 g/mol. The summed E-state index contributed by atoms with van der Waals surface area (Å²) in [6.45, 7) is 0.0447. The predicted octanol–water partition coefficient (Wildman–Crippen LogP) is -2.71. The maximum Gasteiger partial charge on any atom is 0.186 e. The highest BCUT2D eigenvalue weighted by Gasteiger charge is 2.44. The van der Waals surface area contributed by atoms with Crippen molar-refractivity contribution in [2.45, 2.75) is 61.4 Å². The molecular formula is C18H32N6O12. The first-order valence-corrected chi connectivity index (χ1v) is 11.1. The van der Waals surface area contributed by atoms with Gasteiger partial charge < -0.3 is 59.1 Å². The molecule has 2 saturated heterocycles. The molecule has 18 heteroatoms. The van der Waals surface area contributed by atoms with E-state index in [1.807, 2.05) is 0 Å². The molecule has 0 aromatic rings. The van der Waals surface area contributed by atoms with Crippen molar-refractivity contribution in [2.24, 2.45) is 10.2 Å². The molecule has 36 heavy (non-hydrogen) atoms. The Morgan fingerprint density at radius 1 is 0.556 bits per heavy atom. The van der Waals surface area contributed by atoms with Crippen LogP contribution in [-0.2, 0) is 28.4 Å². The van der Waals surface area contributed by atoms with E-state index < -0.39 is 61.4 Å². The molecule has 18 nitrogen and oxygen atoms in total. The molecular weight excluding hydrogens is 492 g/mol. The zero-order valence-electron chi connectivity index (χ0n) is 19.2. The Morgan fingerprint density at radius 2 is 0.917 bits per heavy atom. The molecule has 0 saturated carbocycles. The van der Waals surface area contributed by atoms with Crippen LogP contribution in [0.1, 0.15) is 0 Å². The molecule has 0 aromatic carbocycles. The normalized spacial score (nSPS) is 36.6. The summed E-state index contributed by atoms with van der Waals surface area (Å²) in [4.78, 5) is 5.12. The van der Waals surface area contributed by atoms with Gasteiger partial charge >= 0.3 is 0 Å². The van der Waals surface area contributed by atoms with Gasteiger partial charge in [0.2, 0.25) is 0 Å². The molecule has 6 N–H and O–H groups in total. The van der Waals surface area contributed by atoms with Crippen LogP contribution in [0, 0.1) is 0 Å². The van der Waals surface area contributed by atoms with Crippen molar-refractivity contribution >= 4 is 0 Å². The number of nitrogens with zero attached hydrogens (tertiary/aromatic N) is 6. The molecule has 0 amide bonds. The van der Waals surface area contributed by atoms with Gasteiger partial charge in [0.15, 0.2) is 12.6 Å². The van der Waals surface area contributed by atoms with E-state index in [2.05, 4.69) is 20.1 Å². The zero-order valence-corrected chi connectivity index (χ0v) is 19.2. The first-order valence-electron chi connectivity index (χ1n) is 11.1. The fourth-order valence-corrected chi connectivity index (χ4v) is 3.41. The maximum atomic E-state index is 9.96. The molecule has 0 aromatic heterocycles. The Balaban J connectivity index is 1.55. The quantitative estimate of drug-likeness (QED) is 0.0552. The van der Waals surface area contributed by atoms with E-state index in [0.29, 0.717) is 0 Å². The van der Waals surface area contributed by atoms with E-state index in [1.165, 1.54) is 0 Å². The van der Waals surface area contributed by atoms with Crippen LogP contribution in [0.3, 0.4) is 0 Å². The third kappa shape index (κ3) is 8.91. The molecule has 2 fully saturated rings. The summed E-state index contributed by atoms with van der Waals surface area (Å²) >= 11 is 0. The van der Waals surface area contributed by atoms with Crippen molar-refractivity contribution in [1.29, 1.82) is 0 Å². The molecule has 206 valence electrons. The molecule has 2 heterocycles. The van der Waals surface area contributed by atoms with Crippen LogP contribution in [0.2, 0.25) is 0 Å². The van der Waals surface area contributed by atoms with Gasteiger partial charge in [0.25, 0.3) is 0 Å². The van der Waals surface area contributed by atoms with Gasteiger partial charge in [-0.25, -0.2) is 0 Å². The monoisotopic (exact) mass is 524 g/mol. The van der Waals surface area contributed by atoms with Crippen molar-refractivity contribution in [1.82, 2.24) is 0 Å². The van der Waals surface area contributed by atoms with E-state index in [0.717, 1.165) is 0 Å². The number of ether oxygens (including phenoxy) is 6. The lowest BCUT2D eigenvalue weighted by Crippen LogP contribution is -2.59. The van der Waals surface area contributed by atoms with Gasteiger partial charge in [-0.3, -0.25) is 0 Å². The summed E-state index contributed by atoms with van der Waals surface area (Å²) in [7, 11) is 0. The van der Waals surface area contributed by atoms with E-state index in [-0.39, 0.29) is 52.7 Å². The number of hydrogen-bond donors (Lipinski definition) is 6. The van der Waals surface area contributed by atoms with E-state index in [1.54, 1.807) is 0 Å². The summed E-state index contributed by atoms with van der Waals surface area (Å²) in [5.41, 5.74) is 16.8. The van der Waals surface area contributed by atoms with Gasteiger partial charge in [-0.15, -0.1) is 0 Å². The highest BCUT2D eigenvalue weighted by Crippen LogP contribution is 2.23. The molecule has 2 aliphatic rings. The Bertz CT molecular complexity index is 681. The fraction of sp³-hybridized carbons (Fsp3) is 1.00. The molecule has 0 aliphatic carbocycles. The van der Waals surface area contributed by atoms with Gasteiger partial charge in [0.05, 0.1) is 64.9 Å². The zero-order chi connectivity index (χ0) is 26.5. The molecule has 2 rings (SSSR count). The minimum absolute atomic E-state index is 0.00993. The topological polar surface area (TPSA) is 274 Å². The number of rotatable bonds is 15.